The van der Waals surface area contributed by atoms with Crippen molar-refractivity contribution in [2.75, 3.05) is 26.4 Å². The Balaban J connectivity index is 1.45. The molecule has 0 aromatic heterocycles. The van der Waals surface area contributed by atoms with Gasteiger partial charge >= 0.3 is 0 Å². The van der Waals surface area contributed by atoms with Gasteiger partial charge in [-0.25, -0.2) is 0 Å². The third-order valence-corrected chi connectivity index (χ3v) is 14.7. The molecule has 3 rings (SSSR count). The van der Waals surface area contributed by atoms with Crippen molar-refractivity contribution in [1.82, 2.24) is 5.32 Å². The molecule has 19 heteroatoms. The minimum atomic E-state index is -1.97. The molecule has 1 amide bonds. The molecule has 3 saturated heterocycles. The average molecular weight is 1040 g/mol. The Morgan fingerprint density at radius 3 is 1.21 bits per heavy atom. The van der Waals surface area contributed by atoms with Gasteiger partial charge in [-0.2, -0.15) is 0 Å². The van der Waals surface area contributed by atoms with Crippen molar-refractivity contribution in [1.29, 1.82) is 0 Å². The number of nitrogens with one attached hydrogen (secondary N) is 1. The number of hydrogen-bond acceptors (Lipinski definition) is 18. The number of ether oxygens (including phenoxy) is 6. The van der Waals surface area contributed by atoms with Gasteiger partial charge in [0, 0.05) is 6.42 Å². The molecule has 0 aromatic carbocycles. The predicted octanol–water partition coefficient (Wildman–Crippen LogP) is 3.65. The number of aliphatic hydroxyl groups excluding tert-OH is 11. The maximum absolute atomic E-state index is 13.2. The fourth-order valence-electron chi connectivity index (χ4n) is 9.96. The van der Waals surface area contributed by atoms with Gasteiger partial charge in [0.2, 0.25) is 5.91 Å². The van der Waals surface area contributed by atoms with Gasteiger partial charge in [0.05, 0.1) is 38.6 Å². The lowest BCUT2D eigenvalue weighted by atomic mass is 9.96. The summed E-state index contributed by atoms with van der Waals surface area (Å²) in [6.07, 6.45) is 6.69. The molecule has 3 aliphatic heterocycles. The summed E-state index contributed by atoms with van der Waals surface area (Å²) in [5.41, 5.74) is 0. The molecule has 19 nitrogen and oxygen atoms in total. The van der Waals surface area contributed by atoms with Gasteiger partial charge in [-0.3, -0.25) is 4.79 Å². The third kappa shape index (κ3) is 23.2. The summed E-state index contributed by atoms with van der Waals surface area (Å²) in [7, 11) is 0. The Morgan fingerprint density at radius 1 is 0.444 bits per heavy atom. The van der Waals surface area contributed by atoms with Crippen LogP contribution in [0, 0.1) is 0 Å². The molecule has 0 spiro atoms. The van der Waals surface area contributed by atoms with Crippen LogP contribution in [0.2, 0.25) is 0 Å². The van der Waals surface area contributed by atoms with Crippen LogP contribution in [0.15, 0.2) is 0 Å². The van der Waals surface area contributed by atoms with Gasteiger partial charge in [-0.15, -0.1) is 0 Å². The minimum absolute atomic E-state index is 0.244. The van der Waals surface area contributed by atoms with Crippen LogP contribution in [0.25, 0.3) is 0 Å². The molecule has 12 N–H and O–H groups in total. The monoisotopic (exact) mass is 1040 g/mol. The number of unbranched alkanes of at least 4 members (excludes halogenated alkanes) is 25. The Kier molecular flexibility index (Phi) is 34.7. The van der Waals surface area contributed by atoms with Crippen molar-refractivity contribution in [3.05, 3.63) is 0 Å². The van der Waals surface area contributed by atoms with E-state index >= 15 is 0 Å². The molecule has 72 heavy (non-hydrogen) atoms. The quantitative estimate of drug-likeness (QED) is 0.0389. The van der Waals surface area contributed by atoms with Crippen LogP contribution in [-0.4, -0.2) is 193 Å². The molecule has 0 saturated carbocycles. The first-order chi connectivity index (χ1) is 34.8. The zero-order valence-electron chi connectivity index (χ0n) is 43.9. The highest BCUT2D eigenvalue weighted by Gasteiger charge is 2.53. The summed E-state index contributed by atoms with van der Waals surface area (Å²) in [5, 5.41) is 120. The molecule has 426 valence electrons. The number of aliphatic hydroxyl groups is 11. The van der Waals surface area contributed by atoms with Crippen molar-refractivity contribution < 1.29 is 89.4 Å². The number of hydrogen-bond donors (Lipinski definition) is 12. The molecule has 0 aliphatic carbocycles. The van der Waals surface area contributed by atoms with Crippen molar-refractivity contribution >= 4 is 5.91 Å². The van der Waals surface area contributed by atoms with Crippen molar-refractivity contribution in [2.24, 2.45) is 0 Å². The summed E-state index contributed by atoms with van der Waals surface area (Å²) in [6.45, 7) is 1.73. The van der Waals surface area contributed by atoms with E-state index in [9.17, 15) is 61.0 Å². The number of amides is 1. The van der Waals surface area contributed by atoms with E-state index < -0.39 is 124 Å². The maximum Gasteiger partial charge on any atom is 0.220 e. The topological polar surface area (TPSA) is 307 Å². The van der Waals surface area contributed by atoms with E-state index in [-0.39, 0.29) is 18.9 Å². The van der Waals surface area contributed by atoms with Gasteiger partial charge in [-0.1, -0.05) is 181 Å². The Morgan fingerprint density at radius 2 is 0.792 bits per heavy atom. The molecule has 17 atom stereocenters. The zero-order valence-corrected chi connectivity index (χ0v) is 43.9. The maximum atomic E-state index is 13.2. The van der Waals surface area contributed by atoms with Crippen LogP contribution in [0.1, 0.15) is 200 Å². The van der Waals surface area contributed by atoms with Gasteiger partial charge in [-0.05, 0) is 12.8 Å². The average Bonchev–Trinajstić information content (AvgIpc) is 3.37. The van der Waals surface area contributed by atoms with E-state index in [0.29, 0.717) is 12.8 Å². The lowest BCUT2D eigenvalue weighted by Crippen LogP contribution is -2.66. The number of carbonyl (C=O) groups excluding carboxylic acids is 1. The van der Waals surface area contributed by atoms with E-state index in [1.54, 1.807) is 0 Å². The van der Waals surface area contributed by atoms with Crippen LogP contribution in [0.3, 0.4) is 0 Å². The molecule has 0 radical (unpaired) electrons. The summed E-state index contributed by atoms with van der Waals surface area (Å²) < 4.78 is 34.1. The van der Waals surface area contributed by atoms with Crippen molar-refractivity contribution in [3.63, 3.8) is 0 Å². The highest BCUT2D eigenvalue weighted by molar-refractivity contribution is 5.76. The molecular formula is C53H101NO18. The summed E-state index contributed by atoms with van der Waals surface area (Å²) in [5.74, 6) is -0.244. The highest BCUT2D eigenvalue weighted by atomic mass is 16.8. The molecule has 3 fully saturated rings. The fourth-order valence-corrected chi connectivity index (χ4v) is 9.96. The van der Waals surface area contributed by atoms with Crippen LogP contribution in [-0.2, 0) is 33.2 Å². The van der Waals surface area contributed by atoms with Gasteiger partial charge < -0.3 is 89.9 Å². The summed E-state index contributed by atoms with van der Waals surface area (Å²) in [6, 6.07) is -0.877. The second kappa shape index (κ2) is 38.4. The molecule has 0 aromatic rings. The minimum Gasteiger partial charge on any atom is -0.394 e. The second-order valence-electron chi connectivity index (χ2n) is 20.8. The summed E-state index contributed by atoms with van der Waals surface area (Å²) >= 11 is 0. The lowest BCUT2D eigenvalue weighted by Gasteiger charge is -2.48. The van der Waals surface area contributed by atoms with E-state index in [1.165, 1.54) is 109 Å². The predicted molar refractivity (Wildman–Crippen MR) is 268 cm³/mol. The third-order valence-electron chi connectivity index (χ3n) is 14.7. The molecule has 0 bridgehead atoms. The molecule has 3 heterocycles. The van der Waals surface area contributed by atoms with E-state index in [4.69, 9.17) is 28.4 Å². The van der Waals surface area contributed by atoms with E-state index in [1.807, 2.05) is 0 Å². The SMILES string of the molecule is CCCCCCCCCCCCCCCCCCCCCCC(=O)NC(COC1OC(CO)C(OC2OC(CO)C(OC3OC(CO)C(O)C(O)C3O)C(O)C2O)C(O)C1O)C(O)CCCCCCCCC. The van der Waals surface area contributed by atoms with Gasteiger partial charge in [0.1, 0.15) is 73.2 Å². The molecular weight excluding hydrogens is 939 g/mol. The van der Waals surface area contributed by atoms with Crippen LogP contribution in [0.5, 0.6) is 0 Å². The van der Waals surface area contributed by atoms with E-state index in [2.05, 4.69) is 19.2 Å². The Bertz CT molecular complexity index is 1340. The van der Waals surface area contributed by atoms with Crippen molar-refractivity contribution in [3.8, 4) is 0 Å². The standard InChI is InChI=1S/C53H101NO18/c1-3-5-7-9-11-12-13-14-15-16-17-18-19-20-21-22-23-25-27-29-31-41(59)54-36(37(58)30-28-26-24-10-8-6-4-2)35-67-51-47(65)44(62)49(39(33-56)69-51)72-53-48(66)45(63)50(40(34-57)70-53)71-52-46(64)43(61)42(60)38(32-55)68-52/h36-40,42-53,55-58,60-66H,3-35H2,1-2H3,(H,54,59). The largest absolute Gasteiger partial charge is 0.394 e. The Hall–Kier alpha value is -1.21. The van der Waals surface area contributed by atoms with E-state index in [0.717, 1.165) is 57.8 Å². The van der Waals surface area contributed by atoms with Gasteiger partial charge in [0.15, 0.2) is 18.9 Å². The first-order valence-electron chi connectivity index (χ1n) is 28.3. The lowest BCUT2D eigenvalue weighted by molar-refractivity contribution is -0.379. The Labute approximate surface area is 430 Å². The molecule has 3 aliphatic rings. The fraction of sp³-hybridized carbons (Fsp3) is 0.981. The van der Waals surface area contributed by atoms with Crippen LogP contribution < -0.4 is 5.32 Å². The number of carbonyl (C=O) groups is 1. The first-order valence-corrected chi connectivity index (χ1v) is 28.3. The second-order valence-corrected chi connectivity index (χ2v) is 20.8. The number of rotatable bonds is 41. The van der Waals surface area contributed by atoms with Crippen LogP contribution >= 0.6 is 0 Å². The normalized spacial score (nSPS) is 31.9. The summed E-state index contributed by atoms with van der Waals surface area (Å²) in [4.78, 5) is 13.2. The van der Waals surface area contributed by atoms with Gasteiger partial charge in [0.25, 0.3) is 0 Å². The first kappa shape index (κ1) is 65.1. The van der Waals surface area contributed by atoms with Crippen molar-refractivity contribution in [2.45, 2.75) is 304 Å². The molecule has 17 unspecified atom stereocenters. The van der Waals surface area contributed by atoms with Crippen LogP contribution in [0.4, 0.5) is 0 Å². The zero-order chi connectivity index (χ0) is 52.7. The smallest absolute Gasteiger partial charge is 0.220 e. The highest BCUT2D eigenvalue weighted by Crippen LogP contribution is 2.33.